The van der Waals surface area contributed by atoms with Crippen LogP contribution in [-0.2, 0) is 31.1 Å². The fourth-order valence-corrected chi connectivity index (χ4v) is 7.74. The molecule has 0 fully saturated rings. The second-order valence-electron chi connectivity index (χ2n) is 11.7. The Morgan fingerprint density at radius 3 is 1.50 bits per heavy atom. The molecule has 36 heavy (non-hydrogen) atoms. The van der Waals surface area contributed by atoms with Crippen molar-refractivity contribution >= 4 is 11.3 Å². The van der Waals surface area contributed by atoms with E-state index < -0.39 is 0 Å². The Hall–Kier alpha value is -1.86. The van der Waals surface area contributed by atoms with E-state index in [0.717, 1.165) is 0 Å². The minimum Gasteiger partial charge on any atom is -0.152 e. The van der Waals surface area contributed by atoms with Crippen molar-refractivity contribution < 1.29 is 0 Å². The molecule has 0 unspecified atom stereocenters. The van der Waals surface area contributed by atoms with Crippen LogP contribution in [-0.4, -0.2) is 0 Å². The van der Waals surface area contributed by atoms with Gasteiger partial charge >= 0.3 is 0 Å². The number of thiophene rings is 1. The van der Waals surface area contributed by atoms with Crippen molar-refractivity contribution in [1.29, 1.82) is 0 Å². The third-order valence-electron chi connectivity index (χ3n) is 8.94. The predicted molar refractivity (Wildman–Crippen MR) is 159 cm³/mol. The van der Waals surface area contributed by atoms with Crippen LogP contribution in [0.3, 0.4) is 0 Å². The summed E-state index contributed by atoms with van der Waals surface area (Å²) >= 11 is 1.89. The fraction of sp³-hybridized carbons (Fsp3) is 0.543. The van der Waals surface area contributed by atoms with Crippen molar-refractivity contribution in [2.24, 2.45) is 0 Å². The van der Waals surface area contributed by atoms with Crippen molar-refractivity contribution in [3.8, 4) is 11.1 Å². The van der Waals surface area contributed by atoms with Gasteiger partial charge in [-0.2, -0.15) is 11.3 Å². The standard InChI is InChI=1S/C35H46S/c1-3-5-7-9-11-13-15-27-17-19-31-32-20-18-28(16-14-12-10-8-6-4-2)22-34(32)35(33(31)21-27)23-29-25-36-26-30(29)24-35/h17-22,25-26H,3-16,23-24H2,1-2H3. The van der Waals surface area contributed by atoms with E-state index in [-0.39, 0.29) is 5.41 Å². The highest BCUT2D eigenvalue weighted by Gasteiger charge is 2.47. The van der Waals surface area contributed by atoms with E-state index in [1.165, 1.54) is 114 Å². The van der Waals surface area contributed by atoms with Crippen LogP contribution in [0.15, 0.2) is 47.2 Å². The molecule has 1 heterocycles. The molecule has 5 rings (SSSR count). The molecule has 1 aromatic heterocycles. The summed E-state index contributed by atoms with van der Waals surface area (Å²) in [5.41, 5.74) is 12.7. The maximum atomic E-state index is 2.62. The van der Waals surface area contributed by atoms with Crippen molar-refractivity contribution in [2.45, 2.75) is 122 Å². The minimum atomic E-state index is 0.164. The van der Waals surface area contributed by atoms with Crippen LogP contribution >= 0.6 is 11.3 Å². The Labute approximate surface area is 224 Å². The molecule has 0 radical (unpaired) electrons. The molecule has 0 aliphatic heterocycles. The summed E-state index contributed by atoms with van der Waals surface area (Å²) in [6.07, 6.45) is 21.3. The second-order valence-corrected chi connectivity index (χ2v) is 12.4. The van der Waals surface area contributed by atoms with E-state index in [1.54, 1.807) is 33.4 Å². The summed E-state index contributed by atoms with van der Waals surface area (Å²) in [6.45, 7) is 4.61. The number of unbranched alkanes of at least 4 members (excludes halogenated alkanes) is 10. The average molecular weight is 499 g/mol. The Balaban J connectivity index is 1.35. The van der Waals surface area contributed by atoms with Crippen molar-refractivity contribution in [3.63, 3.8) is 0 Å². The van der Waals surface area contributed by atoms with Crippen molar-refractivity contribution in [1.82, 2.24) is 0 Å². The third-order valence-corrected chi connectivity index (χ3v) is 9.79. The maximum Gasteiger partial charge on any atom is 0.0296 e. The van der Waals surface area contributed by atoms with Crippen LogP contribution in [0.4, 0.5) is 0 Å². The van der Waals surface area contributed by atoms with E-state index in [2.05, 4.69) is 61.0 Å². The van der Waals surface area contributed by atoms with Gasteiger partial charge in [0.15, 0.2) is 0 Å². The normalized spacial score (nSPS) is 14.8. The van der Waals surface area contributed by atoms with Crippen LogP contribution < -0.4 is 0 Å². The molecule has 0 atom stereocenters. The van der Waals surface area contributed by atoms with E-state index in [9.17, 15) is 0 Å². The first-order chi connectivity index (χ1) is 17.7. The lowest BCUT2D eigenvalue weighted by Crippen LogP contribution is -2.26. The summed E-state index contributed by atoms with van der Waals surface area (Å²) in [7, 11) is 0. The molecule has 0 amide bonds. The van der Waals surface area contributed by atoms with Gasteiger partial charge in [-0.25, -0.2) is 0 Å². The molecule has 3 aromatic rings. The molecule has 0 saturated carbocycles. The van der Waals surface area contributed by atoms with Gasteiger partial charge in [0.25, 0.3) is 0 Å². The number of fused-ring (bicyclic) bond motifs is 6. The van der Waals surface area contributed by atoms with Crippen LogP contribution in [0.5, 0.6) is 0 Å². The molecule has 0 N–H and O–H groups in total. The van der Waals surface area contributed by atoms with Gasteiger partial charge in [-0.1, -0.05) is 114 Å². The van der Waals surface area contributed by atoms with E-state index >= 15 is 0 Å². The molecular formula is C35H46S. The highest BCUT2D eigenvalue weighted by atomic mass is 32.1. The lowest BCUT2D eigenvalue weighted by atomic mass is 9.75. The van der Waals surface area contributed by atoms with E-state index in [0.29, 0.717) is 0 Å². The largest absolute Gasteiger partial charge is 0.152 e. The van der Waals surface area contributed by atoms with Crippen LogP contribution in [0.25, 0.3) is 11.1 Å². The van der Waals surface area contributed by atoms with Gasteiger partial charge in [-0.15, -0.1) is 0 Å². The second kappa shape index (κ2) is 12.1. The summed E-state index contributed by atoms with van der Waals surface area (Å²) in [5, 5.41) is 4.84. The van der Waals surface area contributed by atoms with Crippen molar-refractivity contribution in [2.75, 3.05) is 0 Å². The van der Waals surface area contributed by atoms with E-state index in [1.807, 2.05) is 11.3 Å². The Morgan fingerprint density at radius 2 is 1.03 bits per heavy atom. The van der Waals surface area contributed by atoms with Gasteiger partial charge in [0, 0.05) is 5.41 Å². The lowest BCUT2D eigenvalue weighted by molar-refractivity contribution is 0.560. The highest BCUT2D eigenvalue weighted by Crippen LogP contribution is 2.56. The topological polar surface area (TPSA) is 0 Å². The smallest absolute Gasteiger partial charge is 0.0296 e. The van der Waals surface area contributed by atoms with Gasteiger partial charge in [0.1, 0.15) is 0 Å². The zero-order chi connectivity index (χ0) is 24.8. The molecule has 0 nitrogen and oxygen atoms in total. The number of aryl methyl sites for hydroxylation is 2. The molecule has 1 spiro atoms. The molecule has 2 aromatic carbocycles. The van der Waals surface area contributed by atoms with Crippen molar-refractivity contribution in [3.05, 3.63) is 80.5 Å². The Morgan fingerprint density at radius 1 is 0.583 bits per heavy atom. The minimum absolute atomic E-state index is 0.164. The van der Waals surface area contributed by atoms with Gasteiger partial charge in [-0.05, 0) is 93.8 Å². The molecular weight excluding hydrogens is 452 g/mol. The predicted octanol–water partition coefficient (Wildman–Crippen LogP) is 10.6. The number of benzene rings is 2. The molecule has 2 aliphatic carbocycles. The Kier molecular flexibility index (Phi) is 8.68. The molecule has 0 bridgehead atoms. The van der Waals surface area contributed by atoms with Crippen LogP contribution in [0, 0.1) is 0 Å². The Bertz CT molecular complexity index is 1050. The maximum absolute atomic E-state index is 2.62. The van der Waals surface area contributed by atoms with Crippen LogP contribution in [0.1, 0.15) is 124 Å². The molecule has 0 saturated heterocycles. The lowest BCUT2D eigenvalue weighted by Gasteiger charge is -2.28. The number of rotatable bonds is 14. The summed E-state index contributed by atoms with van der Waals surface area (Å²) in [6, 6.07) is 15.0. The molecule has 192 valence electrons. The van der Waals surface area contributed by atoms with E-state index in [4.69, 9.17) is 0 Å². The van der Waals surface area contributed by atoms with Gasteiger partial charge in [0.2, 0.25) is 0 Å². The fourth-order valence-electron chi connectivity index (χ4n) is 6.87. The highest BCUT2D eigenvalue weighted by molar-refractivity contribution is 7.08. The van der Waals surface area contributed by atoms with Gasteiger partial charge in [-0.3, -0.25) is 0 Å². The van der Waals surface area contributed by atoms with Crippen LogP contribution in [0.2, 0.25) is 0 Å². The third kappa shape index (κ3) is 5.38. The molecule has 2 aliphatic rings. The monoisotopic (exact) mass is 498 g/mol. The first-order valence-corrected chi connectivity index (χ1v) is 16.0. The van der Waals surface area contributed by atoms with Gasteiger partial charge in [0.05, 0.1) is 0 Å². The zero-order valence-corrected chi connectivity index (χ0v) is 23.7. The summed E-state index contributed by atoms with van der Waals surface area (Å²) in [5.74, 6) is 0. The summed E-state index contributed by atoms with van der Waals surface area (Å²) in [4.78, 5) is 0. The number of hydrogen-bond acceptors (Lipinski definition) is 1. The zero-order valence-electron chi connectivity index (χ0n) is 22.8. The first-order valence-electron chi connectivity index (χ1n) is 15.1. The quantitative estimate of drug-likeness (QED) is 0.194. The SMILES string of the molecule is CCCCCCCCc1ccc2c(c1)C1(Cc3cscc3C1)c1cc(CCCCCCCC)ccc1-2. The average Bonchev–Trinajstić information content (AvgIpc) is 3.55. The first kappa shape index (κ1) is 25.8. The summed E-state index contributed by atoms with van der Waals surface area (Å²) < 4.78 is 0. The molecule has 1 heteroatoms. The van der Waals surface area contributed by atoms with Gasteiger partial charge < -0.3 is 0 Å². The number of hydrogen-bond donors (Lipinski definition) is 0.